The molecule has 20 heavy (non-hydrogen) atoms. The summed E-state index contributed by atoms with van der Waals surface area (Å²) in [5.74, 6) is 0. The van der Waals surface area contributed by atoms with E-state index in [0.29, 0.717) is 24.0 Å². The maximum atomic E-state index is 12.1. The molecule has 2 heterocycles. The second-order valence-corrected chi connectivity index (χ2v) is 8.15. The van der Waals surface area contributed by atoms with Crippen LogP contribution in [-0.4, -0.2) is 52.1 Å². The zero-order chi connectivity index (χ0) is 14.6. The van der Waals surface area contributed by atoms with Gasteiger partial charge in [-0.05, 0) is 12.1 Å². The molecule has 0 amide bonds. The first-order valence-corrected chi connectivity index (χ1v) is 8.73. The summed E-state index contributed by atoms with van der Waals surface area (Å²) >= 11 is 6.74. The third kappa shape index (κ3) is 3.91. The Balaban J connectivity index is 2.02. The van der Waals surface area contributed by atoms with Crippen molar-refractivity contribution in [1.29, 1.82) is 0 Å². The van der Waals surface area contributed by atoms with Crippen molar-refractivity contribution in [3.8, 4) is 0 Å². The molecule has 0 spiro atoms. The fourth-order valence-corrected chi connectivity index (χ4v) is 4.54. The van der Waals surface area contributed by atoms with Gasteiger partial charge in [-0.15, -0.1) is 11.3 Å². The van der Waals surface area contributed by atoms with Crippen molar-refractivity contribution in [2.45, 2.75) is 16.2 Å². The first-order chi connectivity index (χ1) is 9.47. The first-order valence-electron chi connectivity index (χ1n) is 6.05. The van der Waals surface area contributed by atoms with Gasteiger partial charge in [-0.2, -0.15) is 0 Å². The number of rotatable bonds is 7. The summed E-state index contributed by atoms with van der Waals surface area (Å²) in [6, 6.07) is 3.00. The lowest BCUT2D eigenvalue weighted by Gasteiger charge is -2.27. The quantitative estimate of drug-likeness (QED) is 0.768. The Bertz CT molecular complexity index is 539. The van der Waals surface area contributed by atoms with Crippen LogP contribution in [-0.2, 0) is 19.5 Å². The number of hydrogen-bond donors (Lipinski definition) is 2. The molecule has 1 unspecified atom stereocenters. The molecule has 0 aliphatic carbocycles. The van der Waals surface area contributed by atoms with Crippen molar-refractivity contribution in [3.63, 3.8) is 0 Å². The Morgan fingerprint density at radius 3 is 2.90 bits per heavy atom. The van der Waals surface area contributed by atoms with Crippen molar-refractivity contribution >= 4 is 33.0 Å². The van der Waals surface area contributed by atoms with E-state index < -0.39 is 15.6 Å². The van der Waals surface area contributed by atoms with Crippen molar-refractivity contribution in [2.75, 3.05) is 33.0 Å². The van der Waals surface area contributed by atoms with E-state index in [1.165, 1.54) is 12.1 Å². The van der Waals surface area contributed by atoms with Gasteiger partial charge in [0.15, 0.2) is 0 Å². The Hall–Kier alpha value is -0.220. The highest BCUT2D eigenvalue weighted by molar-refractivity contribution is 7.91. The van der Waals surface area contributed by atoms with Crippen LogP contribution in [0.15, 0.2) is 16.3 Å². The van der Waals surface area contributed by atoms with Gasteiger partial charge in [0.25, 0.3) is 0 Å². The van der Waals surface area contributed by atoms with E-state index in [1.54, 1.807) is 0 Å². The molecule has 1 fully saturated rings. The molecule has 114 valence electrons. The third-order valence-electron chi connectivity index (χ3n) is 2.96. The molecule has 6 nitrogen and oxygen atoms in total. The molecule has 1 aromatic heterocycles. The number of nitrogens with one attached hydrogen (secondary N) is 1. The van der Waals surface area contributed by atoms with Crippen LogP contribution < -0.4 is 4.72 Å². The van der Waals surface area contributed by atoms with Crippen molar-refractivity contribution < 1.29 is 23.0 Å². The smallest absolute Gasteiger partial charge is 0.250 e. The zero-order valence-corrected chi connectivity index (χ0v) is 13.1. The number of sulfonamides is 1. The second-order valence-electron chi connectivity index (χ2n) is 4.44. The number of thiophene rings is 1. The largest absolute Gasteiger partial charge is 0.394 e. The lowest BCUT2D eigenvalue weighted by molar-refractivity contribution is -0.0566. The number of aliphatic hydroxyl groups excluding tert-OH is 1. The normalized spacial score (nSPS) is 23.3. The van der Waals surface area contributed by atoms with Crippen LogP contribution in [0.1, 0.15) is 6.42 Å². The van der Waals surface area contributed by atoms with E-state index in [9.17, 15) is 8.42 Å². The fourth-order valence-electron chi connectivity index (χ4n) is 1.89. The third-order valence-corrected chi connectivity index (χ3v) is 6.09. The van der Waals surface area contributed by atoms with Crippen LogP contribution >= 0.6 is 22.9 Å². The molecule has 0 bridgehead atoms. The van der Waals surface area contributed by atoms with Gasteiger partial charge >= 0.3 is 0 Å². The number of ether oxygens (including phenoxy) is 2. The Morgan fingerprint density at radius 2 is 2.35 bits per heavy atom. The monoisotopic (exact) mass is 341 g/mol. The van der Waals surface area contributed by atoms with E-state index in [0.717, 1.165) is 11.3 Å². The molecule has 1 saturated heterocycles. The molecular formula is C11H16ClNO5S2. The molecule has 1 aromatic rings. The summed E-state index contributed by atoms with van der Waals surface area (Å²) < 4.78 is 38.2. The fraction of sp³-hybridized carbons (Fsp3) is 0.636. The Kier molecular flexibility index (Phi) is 5.41. The highest BCUT2D eigenvalue weighted by Crippen LogP contribution is 2.27. The maximum Gasteiger partial charge on any atom is 0.250 e. The molecule has 1 aliphatic heterocycles. The van der Waals surface area contributed by atoms with Gasteiger partial charge in [-0.3, -0.25) is 0 Å². The van der Waals surface area contributed by atoms with Gasteiger partial charge < -0.3 is 14.6 Å². The summed E-state index contributed by atoms with van der Waals surface area (Å²) in [4.78, 5) is 0. The molecule has 9 heteroatoms. The predicted molar refractivity (Wildman–Crippen MR) is 75.7 cm³/mol. The number of aliphatic hydroxyl groups is 1. The summed E-state index contributed by atoms with van der Waals surface area (Å²) in [5.41, 5.74) is -0.711. The topological polar surface area (TPSA) is 84.9 Å². The molecular weight excluding hydrogens is 326 g/mol. The minimum absolute atomic E-state index is 0.102. The van der Waals surface area contributed by atoms with Gasteiger partial charge in [-0.1, -0.05) is 11.6 Å². The van der Waals surface area contributed by atoms with Crippen molar-refractivity contribution in [3.05, 3.63) is 16.5 Å². The second kappa shape index (κ2) is 6.69. The van der Waals surface area contributed by atoms with E-state index >= 15 is 0 Å². The van der Waals surface area contributed by atoms with E-state index in [2.05, 4.69) is 4.72 Å². The summed E-state index contributed by atoms with van der Waals surface area (Å²) in [5, 5.41) is 8.83. The SMILES string of the molecule is O=S(=O)(NCC1(OCCO)CCOC1)c1ccc(Cl)s1. The van der Waals surface area contributed by atoms with E-state index in [1.807, 2.05) is 0 Å². The lowest BCUT2D eigenvalue weighted by Crippen LogP contribution is -2.46. The summed E-state index contributed by atoms with van der Waals surface area (Å²) in [6.45, 7) is 0.953. The van der Waals surface area contributed by atoms with Crippen LogP contribution in [0.2, 0.25) is 4.34 Å². The predicted octanol–water partition coefficient (Wildman–Crippen LogP) is 0.848. The van der Waals surface area contributed by atoms with Gasteiger partial charge in [-0.25, -0.2) is 13.1 Å². The van der Waals surface area contributed by atoms with Crippen LogP contribution in [0.4, 0.5) is 0 Å². The molecule has 0 aromatic carbocycles. The molecule has 1 atom stereocenters. The highest BCUT2D eigenvalue weighted by atomic mass is 35.5. The van der Waals surface area contributed by atoms with Gasteiger partial charge in [0.1, 0.15) is 9.81 Å². The number of halogens is 1. The molecule has 0 radical (unpaired) electrons. The molecule has 1 aliphatic rings. The van der Waals surface area contributed by atoms with Crippen LogP contribution in [0.25, 0.3) is 0 Å². The lowest BCUT2D eigenvalue weighted by atomic mass is 10.0. The van der Waals surface area contributed by atoms with Crippen molar-refractivity contribution in [2.24, 2.45) is 0 Å². The standard InChI is InChI=1S/C11H16ClNO5S2/c12-9-1-2-10(19-9)20(15,16)13-7-11(18-6-4-14)3-5-17-8-11/h1-2,13-14H,3-8H2. The average Bonchev–Trinajstić information content (AvgIpc) is 3.04. The maximum absolute atomic E-state index is 12.1. The molecule has 2 N–H and O–H groups in total. The van der Waals surface area contributed by atoms with Gasteiger partial charge in [0.05, 0.1) is 24.2 Å². The van der Waals surface area contributed by atoms with Gasteiger partial charge in [0.2, 0.25) is 10.0 Å². The average molecular weight is 342 g/mol. The number of hydrogen-bond acceptors (Lipinski definition) is 6. The van der Waals surface area contributed by atoms with Crippen LogP contribution in [0, 0.1) is 0 Å². The minimum Gasteiger partial charge on any atom is -0.394 e. The summed E-state index contributed by atoms with van der Waals surface area (Å²) in [7, 11) is -3.60. The van der Waals surface area contributed by atoms with Gasteiger partial charge in [0, 0.05) is 19.6 Å². The van der Waals surface area contributed by atoms with E-state index in [4.69, 9.17) is 26.2 Å². The highest BCUT2D eigenvalue weighted by Gasteiger charge is 2.37. The molecule has 2 rings (SSSR count). The van der Waals surface area contributed by atoms with Crippen molar-refractivity contribution in [1.82, 2.24) is 4.72 Å². The van der Waals surface area contributed by atoms with Crippen LogP contribution in [0.5, 0.6) is 0 Å². The first kappa shape index (κ1) is 16.2. The van der Waals surface area contributed by atoms with E-state index in [-0.39, 0.29) is 24.0 Å². The summed E-state index contributed by atoms with van der Waals surface area (Å²) in [6.07, 6.45) is 0.584. The zero-order valence-electron chi connectivity index (χ0n) is 10.7. The molecule has 0 saturated carbocycles. The Morgan fingerprint density at radius 1 is 1.55 bits per heavy atom. The van der Waals surface area contributed by atoms with Crippen LogP contribution in [0.3, 0.4) is 0 Å². The minimum atomic E-state index is -3.60. The Labute approximate surface area is 126 Å².